The summed E-state index contributed by atoms with van der Waals surface area (Å²) in [5.41, 5.74) is 5.95. The zero-order valence-electron chi connectivity index (χ0n) is 15.7. The van der Waals surface area contributed by atoms with Crippen LogP contribution < -0.4 is 11.1 Å². The summed E-state index contributed by atoms with van der Waals surface area (Å²) in [4.78, 5) is 16.2. The lowest BCUT2D eigenvalue weighted by molar-refractivity contribution is 0.00454. The van der Waals surface area contributed by atoms with Crippen molar-refractivity contribution in [2.24, 2.45) is 0 Å². The van der Waals surface area contributed by atoms with Crippen LogP contribution in [-0.4, -0.2) is 28.3 Å². The number of hydrogen-bond donors (Lipinski definition) is 3. The number of pyridine rings is 1. The fourth-order valence-electron chi connectivity index (χ4n) is 2.71. The number of anilines is 1. The fraction of sp³-hybridized carbons (Fsp3) is 0.400. The second kappa shape index (κ2) is 7.74. The second-order valence-electron chi connectivity index (χ2n) is 7.41. The predicted octanol–water partition coefficient (Wildman–Crippen LogP) is 3.18. The van der Waals surface area contributed by atoms with Gasteiger partial charge in [0, 0.05) is 29.6 Å². The predicted molar refractivity (Wildman–Crippen MR) is 102 cm³/mol. The molecule has 6 heteroatoms. The molecule has 0 spiro atoms. The number of amides is 1. The van der Waals surface area contributed by atoms with E-state index in [9.17, 15) is 9.90 Å². The first-order chi connectivity index (χ1) is 12.1. The zero-order chi connectivity index (χ0) is 19.4. The molecule has 0 aliphatic carbocycles. The lowest BCUT2D eigenvalue weighted by Gasteiger charge is -2.35. The molecular weight excluding hydrogens is 330 g/mol. The van der Waals surface area contributed by atoms with Crippen LogP contribution in [0, 0.1) is 0 Å². The molecule has 0 saturated carbocycles. The number of ether oxygens (including phenoxy) is 1. The average molecular weight is 357 g/mol. The third-order valence-electron chi connectivity index (χ3n) is 4.22. The molecule has 4 N–H and O–H groups in total. The Balaban J connectivity index is 2.28. The van der Waals surface area contributed by atoms with Crippen molar-refractivity contribution in [3.8, 4) is 0 Å². The van der Waals surface area contributed by atoms with Crippen molar-refractivity contribution >= 4 is 11.8 Å². The SMILES string of the molecule is CC(c1ccc(N)cc1)C(O)(CNC(=O)OC(C)(C)C)c1cccnc1. The molecule has 0 saturated heterocycles. The van der Waals surface area contributed by atoms with Gasteiger partial charge in [-0.25, -0.2) is 4.79 Å². The van der Waals surface area contributed by atoms with Gasteiger partial charge in [-0.3, -0.25) is 4.98 Å². The topological polar surface area (TPSA) is 97.5 Å². The van der Waals surface area contributed by atoms with Crippen LogP contribution in [0.5, 0.6) is 0 Å². The molecule has 0 radical (unpaired) electrons. The van der Waals surface area contributed by atoms with Gasteiger partial charge in [-0.15, -0.1) is 0 Å². The van der Waals surface area contributed by atoms with Crippen LogP contribution in [0.25, 0.3) is 0 Å². The van der Waals surface area contributed by atoms with Crippen molar-refractivity contribution in [1.82, 2.24) is 10.3 Å². The van der Waals surface area contributed by atoms with Gasteiger partial charge in [0.25, 0.3) is 0 Å². The number of aliphatic hydroxyl groups is 1. The summed E-state index contributed by atoms with van der Waals surface area (Å²) in [6, 6.07) is 10.9. The number of nitrogens with zero attached hydrogens (tertiary/aromatic N) is 1. The van der Waals surface area contributed by atoms with Crippen molar-refractivity contribution in [1.29, 1.82) is 0 Å². The number of alkyl carbamates (subject to hydrolysis) is 1. The van der Waals surface area contributed by atoms with Gasteiger partial charge in [0.15, 0.2) is 0 Å². The maximum absolute atomic E-state index is 12.1. The van der Waals surface area contributed by atoms with Gasteiger partial charge in [0.05, 0.1) is 6.54 Å². The molecule has 140 valence electrons. The minimum atomic E-state index is -1.36. The highest BCUT2D eigenvalue weighted by atomic mass is 16.6. The maximum atomic E-state index is 12.1. The molecule has 0 fully saturated rings. The molecule has 2 atom stereocenters. The van der Waals surface area contributed by atoms with E-state index in [-0.39, 0.29) is 12.5 Å². The summed E-state index contributed by atoms with van der Waals surface area (Å²) in [6.45, 7) is 7.25. The quantitative estimate of drug-likeness (QED) is 0.714. The fourth-order valence-corrected chi connectivity index (χ4v) is 2.71. The molecule has 2 rings (SSSR count). The zero-order valence-corrected chi connectivity index (χ0v) is 15.7. The first-order valence-electron chi connectivity index (χ1n) is 8.57. The Bertz CT molecular complexity index is 726. The molecule has 1 heterocycles. The molecule has 2 unspecified atom stereocenters. The lowest BCUT2D eigenvalue weighted by atomic mass is 9.79. The van der Waals surface area contributed by atoms with E-state index in [2.05, 4.69) is 10.3 Å². The Morgan fingerprint density at radius 2 is 1.92 bits per heavy atom. The van der Waals surface area contributed by atoms with Crippen molar-refractivity contribution in [3.05, 3.63) is 59.9 Å². The first kappa shape index (κ1) is 19.7. The smallest absolute Gasteiger partial charge is 0.407 e. The Labute approximate surface area is 154 Å². The Morgan fingerprint density at radius 1 is 1.27 bits per heavy atom. The van der Waals surface area contributed by atoms with Crippen LogP contribution in [0.4, 0.5) is 10.5 Å². The van der Waals surface area contributed by atoms with Crippen LogP contribution in [0.1, 0.15) is 44.7 Å². The molecule has 0 aliphatic rings. The molecule has 1 aromatic heterocycles. The summed E-state index contributed by atoms with van der Waals surface area (Å²) in [7, 11) is 0. The van der Waals surface area contributed by atoms with Crippen LogP contribution in [0.15, 0.2) is 48.8 Å². The molecule has 0 aliphatic heterocycles. The summed E-state index contributed by atoms with van der Waals surface area (Å²) in [5, 5.41) is 14.2. The number of carbonyl (C=O) groups excluding carboxylic acids is 1. The van der Waals surface area contributed by atoms with Gasteiger partial charge >= 0.3 is 6.09 Å². The normalized spacial score (nSPS) is 15.0. The van der Waals surface area contributed by atoms with Crippen LogP contribution in [-0.2, 0) is 10.3 Å². The first-order valence-corrected chi connectivity index (χ1v) is 8.57. The van der Waals surface area contributed by atoms with Gasteiger partial charge in [0.1, 0.15) is 11.2 Å². The highest BCUT2D eigenvalue weighted by Gasteiger charge is 2.37. The minimum Gasteiger partial charge on any atom is -0.444 e. The number of benzene rings is 1. The Morgan fingerprint density at radius 3 is 2.46 bits per heavy atom. The van der Waals surface area contributed by atoms with Gasteiger partial charge in [0.2, 0.25) is 0 Å². The second-order valence-corrected chi connectivity index (χ2v) is 7.41. The summed E-state index contributed by atoms with van der Waals surface area (Å²) >= 11 is 0. The average Bonchev–Trinajstić information content (AvgIpc) is 2.59. The third-order valence-corrected chi connectivity index (χ3v) is 4.22. The maximum Gasteiger partial charge on any atom is 0.407 e. The van der Waals surface area contributed by atoms with E-state index in [4.69, 9.17) is 10.5 Å². The van der Waals surface area contributed by atoms with Gasteiger partial charge in [-0.1, -0.05) is 25.1 Å². The standard InChI is InChI=1S/C20H27N3O3/c1-14(15-7-9-17(21)10-8-15)20(25,16-6-5-11-22-12-16)13-23-18(24)26-19(2,3)4/h5-12,14,25H,13,21H2,1-4H3,(H,23,24). The Kier molecular flexibility index (Phi) is 5.87. The monoisotopic (exact) mass is 357 g/mol. The van der Waals surface area contributed by atoms with Crippen LogP contribution in [0.3, 0.4) is 0 Å². The van der Waals surface area contributed by atoms with E-state index in [0.717, 1.165) is 5.56 Å². The lowest BCUT2D eigenvalue weighted by Crippen LogP contribution is -2.45. The van der Waals surface area contributed by atoms with Crippen molar-refractivity contribution in [3.63, 3.8) is 0 Å². The van der Waals surface area contributed by atoms with E-state index < -0.39 is 17.3 Å². The molecule has 6 nitrogen and oxygen atoms in total. The molecular formula is C20H27N3O3. The highest BCUT2D eigenvalue weighted by Crippen LogP contribution is 2.36. The Hall–Kier alpha value is -2.60. The van der Waals surface area contributed by atoms with Crippen molar-refractivity contribution < 1.29 is 14.6 Å². The van der Waals surface area contributed by atoms with E-state index in [0.29, 0.717) is 11.3 Å². The highest BCUT2D eigenvalue weighted by molar-refractivity contribution is 5.67. The number of rotatable bonds is 5. The van der Waals surface area contributed by atoms with Gasteiger partial charge < -0.3 is 20.9 Å². The number of nitrogen functional groups attached to an aromatic ring is 1. The van der Waals surface area contributed by atoms with Crippen LogP contribution >= 0.6 is 0 Å². The van der Waals surface area contributed by atoms with Crippen molar-refractivity contribution in [2.75, 3.05) is 12.3 Å². The van der Waals surface area contributed by atoms with E-state index in [1.807, 2.05) is 19.1 Å². The number of nitrogens with one attached hydrogen (secondary N) is 1. The van der Waals surface area contributed by atoms with Gasteiger partial charge in [-0.2, -0.15) is 0 Å². The van der Waals surface area contributed by atoms with E-state index >= 15 is 0 Å². The number of nitrogens with two attached hydrogens (primary N) is 1. The molecule has 1 amide bonds. The number of aromatic nitrogens is 1. The van der Waals surface area contributed by atoms with Gasteiger partial charge in [-0.05, 0) is 44.5 Å². The number of carbonyl (C=O) groups is 1. The molecule has 0 bridgehead atoms. The van der Waals surface area contributed by atoms with E-state index in [1.165, 1.54) is 0 Å². The minimum absolute atomic E-state index is 0.0147. The summed E-state index contributed by atoms with van der Waals surface area (Å²) in [5.74, 6) is -0.317. The largest absolute Gasteiger partial charge is 0.444 e. The number of hydrogen-bond acceptors (Lipinski definition) is 5. The third kappa shape index (κ3) is 4.95. The molecule has 2 aromatic rings. The molecule has 1 aromatic carbocycles. The summed E-state index contributed by atoms with van der Waals surface area (Å²) < 4.78 is 5.28. The molecule has 26 heavy (non-hydrogen) atoms. The van der Waals surface area contributed by atoms with E-state index in [1.54, 1.807) is 57.4 Å². The van der Waals surface area contributed by atoms with Crippen LogP contribution in [0.2, 0.25) is 0 Å². The summed E-state index contributed by atoms with van der Waals surface area (Å²) in [6.07, 6.45) is 2.66. The van der Waals surface area contributed by atoms with Crippen molar-refractivity contribution in [2.45, 2.75) is 44.8 Å².